The number of hydrogen-bond acceptors (Lipinski definition) is 10. The van der Waals surface area contributed by atoms with E-state index in [1.807, 2.05) is 0 Å². The van der Waals surface area contributed by atoms with E-state index >= 15 is 0 Å². The number of carbonyl (C=O) groups is 2. The molecular weight excluding hydrogens is 565 g/mol. The van der Waals surface area contributed by atoms with Gasteiger partial charge in [0, 0.05) is 49.9 Å². The van der Waals surface area contributed by atoms with Crippen LogP contribution in [0.2, 0.25) is 0 Å². The van der Waals surface area contributed by atoms with Crippen LogP contribution in [0.3, 0.4) is 0 Å². The summed E-state index contributed by atoms with van der Waals surface area (Å²) in [6.07, 6.45) is -3.06. The van der Waals surface area contributed by atoms with E-state index in [2.05, 4.69) is 14.7 Å². The number of aliphatic carboxylic acids is 1. The van der Waals surface area contributed by atoms with E-state index in [0.717, 1.165) is 26.6 Å². The number of thiazole rings is 1. The van der Waals surface area contributed by atoms with Crippen LogP contribution in [-0.4, -0.2) is 79.7 Å². The van der Waals surface area contributed by atoms with Crippen molar-refractivity contribution < 1.29 is 41.4 Å². The summed E-state index contributed by atoms with van der Waals surface area (Å²) in [6.45, 7) is -0.145. The molecular formula is C22H22F3N6O6S2-. The average Bonchev–Trinajstić information content (AvgIpc) is 3.45. The summed E-state index contributed by atoms with van der Waals surface area (Å²) in [6, 6.07) is 0.923. The van der Waals surface area contributed by atoms with E-state index in [9.17, 15) is 36.6 Å². The molecule has 12 nitrogen and oxygen atoms in total. The third kappa shape index (κ3) is 5.99. The Morgan fingerprint density at radius 3 is 2.69 bits per heavy atom. The number of aromatic nitrogens is 2. The maximum absolute atomic E-state index is 13.4. The number of ether oxygens (including phenoxy) is 1. The van der Waals surface area contributed by atoms with Gasteiger partial charge in [0.05, 0.1) is 6.20 Å². The molecule has 0 radical (unpaired) electrons. The predicted molar refractivity (Wildman–Crippen MR) is 136 cm³/mol. The van der Waals surface area contributed by atoms with Gasteiger partial charge in [-0.3, -0.25) is 13.3 Å². The van der Waals surface area contributed by atoms with Gasteiger partial charge in [-0.25, -0.2) is 14.8 Å². The summed E-state index contributed by atoms with van der Waals surface area (Å²) in [5.74, 6) is -3.03. The number of hydrogen-bond donors (Lipinski definition) is 2. The van der Waals surface area contributed by atoms with E-state index in [0.29, 0.717) is 10.5 Å². The number of carboxylic acids is 1. The molecule has 1 unspecified atom stereocenters. The molecule has 3 N–H and O–H groups in total. The fraction of sp³-hybridized carbons (Fsp3) is 0.364. The summed E-state index contributed by atoms with van der Waals surface area (Å²) in [5.41, 5.74) is 5.64. The molecule has 3 atom stereocenters. The second kappa shape index (κ2) is 10.8. The summed E-state index contributed by atoms with van der Waals surface area (Å²) in [5, 5.41) is 11.2. The van der Waals surface area contributed by atoms with Crippen LogP contribution in [0, 0.1) is 0 Å². The number of carbonyl (C=O) groups excluding carboxylic acids is 1. The number of carboxylic acid groups (broad SMARTS) is 1. The van der Waals surface area contributed by atoms with Gasteiger partial charge in [0.15, 0.2) is 5.13 Å². The fourth-order valence-corrected chi connectivity index (χ4v) is 5.99. The van der Waals surface area contributed by atoms with Gasteiger partial charge in [0.2, 0.25) is 5.91 Å². The van der Waals surface area contributed by atoms with Gasteiger partial charge in [0.1, 0.15) is 28.7 Å². The molecule has 0 spiro atoms. The SMILES string of the molecule is CN(C)c1ncc(N([C@H]2CCN([C@H](Cc3cc4ccnc(N)c4cc3OC(F)(F)F)C(=O)O)C2=O)S(=O)[O-])s1. The number of nitrogens with two attached hydrogens (primary N) is 1. The highest BCUT2D eigenvalue weighted by molar-refractivity contribution is 7.81. The van der Waals surface area contributed by atoms with Crippen molar-refractivity contribution in [1.29, 1.82) is 0 Å². The quantitative estimate of drug-likeness (QED) is 0.354. The zero-order chi connectivity index (χ0) is 28.6. The van der Waals surface area contributed by atoms with Crippen LogP contribution in [0.5, 0.6) is 5.75 Å². The molecule has 1 fully saturated rings. The minimum absolute atomic E-state index is 0.0440. The lowest BCUT2D eigenvalue weighted by Crippen LogP contribution is -2.48. The second-order valence-electron chi connectivity index (χ2n) is 8.74. The first-order valence-electron chi connectivity index (χ1n) is 11.2. The van der Waals surface area contributed by atoms with E-state index in [1.54, 1.807) is 19.0 Å². The number of anilines is 3. The number of likely N-dealkylation sites (tertiary alicyclic amines) is 1. The predicted octanol–water partition coefficient (Wildman–Crippen LogP) is 2.14. The molecule has 4 rings (SSSR count). The Bertz CT molecular complexity index is 1440. The molecule has 1 aliphatic rings. The number of nitrogen functional groups attached to an aromatic ring is 1. The van der Waals surface area contributed by atoms with E-state index < -0.39 is 53.8 Å². The Labute approximate surface area is 226 Å². The zero-order valence-electron chi connectivity index (χ0n) is 20.4. The van der Waals surface area contributed by atoms with Gasteiger partial charge < -0.3 is 29.9 Å². The minimum Gasteiger partial charge on any atom is -0.755 e. The summed E-state index contributed by atoms with van der Waals surface area (Å²) >= 11 is -1.88. The molecule has 1 aliphatic heterocycles. The van der Waals surface area contributed by atoms with Gasteiger partial charge >= 0.3 is 12.3 Å². The maximum atomic E-state index is 13.4. The molecule has 210 valence electrons. The smallest absolute Gasteiger partial charge is 0.573 e. The Hall–Kier alpha value is -3.70. The van der Waals surface area contributed by atoms with Crippen LogP contribution in [0.25, 0.3) is 10.8 Å². The Morgan fingerprint density at radius 2 is 2.10 bits per heavy atom. The first-order chi connectivity index (χ1) is 18.3. The number of fused-ring (bicyclic) bond motifs is 1. The van der Waals surface area contributed by atoms with Crippen LogP contribution in [0.1, 0.15) is 12.0 Å². The van der Waals surface area contributed by atoms with Gasteiger partial charge in [-0.05, 0) is 35.6 Å². The molecule has 1 amide bonds. The topological polar surface area (TPSA) is 165 Å². The van der Waals surface area contributed by atoms with Crippen LogP contribution >= 0.6 is 11.3 Å². The van der Waals surface area contributed by atoms with Crippen molar-refractivity contribution in [2.45, 2.75) is 31.3 Å². The molecule has 0 bridgehead atoms. The van der Waals surface area contributed by atoms with Crippen LogP contribution in [0.4, 0.5) is 29.1 Å². The number of halogens is 3. The Morgan fingerprint density at radius 1 is 1.38 bits per heavy atom. The van der Waals surface area contributed by atoms with Crippen LogP contribution < -0.4 is 19.7 Å². The lowest BCUT2D eigenvalue weighted by molar-refractivity contribution is -0.274. The van der Waals surface area contributed by atoms with E-state index in [1.165, 1.54) is 24.5 Å². The number of benzene rings is 1. The molecule has 0 aliphatic carbocycles. The highest BCUT2D eigenvalue weighted by atomic mass is 32.2. The Kier molecular flexibility index (Phi) is 7.85. The monoisotopic (exact) mass is 587 g/mol. The van der Waals surface area contributed by atoms with Gasteiger partial charge in [-0.15, -0.1) is 13.2 Å². The lowest BCUT2D eigenvalue weighted by Gasteiger charge is -2.31. The maximum Gasteiger partial charge on any atom is 0.573 e. The van der Waals surface area contributed by atoms with Crippen molar-refractivity contribution in [3.8, 4) is 5.75 Å². The highest BCUT2D eigenvalue weighted by Gasteiger charge is 2.43. The first kappa shape index (κ1) is 28.3. The van der Waals surface area contributed by atoms with E-state index in [4.69, 9.17) is 5.73 Å². The Balaban J connectivity index is 1.67. The lowest BCUT2D eigenvalue weighted by atomic mass is 10.00. The molecule has 3 heterocycles. The van der Waals surface area contributed by atoms with Crippen molar-refractivity contribution >= 4 is 61.2 Å². The molecule has 1 saturated heterocycles. The summed E-state index contributed by atoms with van der Waals surface area (Å²) < 4.78 is 68.8. The molecule has 39 heavy (non-hydrogen) atoms. The van der Waals surface area contributed by atoms with Crippen molar-refractivity contribution in [1.82, 2.24) is 14.9 Å². The van der Waals surface area contributed by atoms with Gasteiger partial charge in [-0.1, -0.05) is 11.3 Å². The standard InChI is InChI=1S/C22H23F3N6O6S2/c1-29(2)21-28-10-17(38-21)31(39(35)36)14-4-6-30(19(14)32)15(20(33)34)8-12-7-11-3-5-27-18(26)13(11)9-16(12)37-22(23,24)25/h3,5,7,9-10,14-15H,4,6,8H2,1-2H3,(H2,26,27)(H,33,34)(H,35,36)/p-1/t14-,15+/m0/s1. The molecule has 0 saturated carbocycles. The van der Waals surface area contributed by atoms with Gasteiger partial charge in [0.25, 0.3) is 0 Å². The van der Waals surface area contributed by atoms with E-state index in [-0.39, 0.29) is 34.7 Å². The molecule has 17 heteroatoms. The third-order valence-electron chi connectivity index (χ3n) is 6.01. The third-order valence-corrected chi connectivity index (χ3v) is 8.07. The van der Waals surface area contributed by atoms with Crippen molar-refractivity contribution in [2.24, 2.45) is 0 Å². The van der Waals surface area contributed by atoms with Crippen molar-refractivity contribution in [3.05, 3.63) is 36.2 Å². The van der Waals surface area contributed by atoms with Crippen LogP contribution in [0.15, 0.2) is 30.6 Å². The number of amides is 1. The number of nitrogens with zero attached hydrogens (tertiary/aromatic N) is 5. The zero-order valence-corrected chi connectivity index (χ0v) is 22.0. The fourth-order valence-electron chi connectivity index (χ4n) is 4.30. The van der Waals surface area contributed by atoms with Gasteiger partial charge in [-0.2, -0.15) is 0 Å². The average molecular weight is 588 g/mol. The highest BCUT2D eigenvalue weighted by Crippen LogP contribution is 2.36. The van der Waals surface area contributed by atoms with Crippen molar-refractivity contribution in [3.63, 3.8) is 0 Å². The second-order valence-corrected chi connectivity index (χ2v) is 10.6. The van der Waals surface area contributed by atoms with Crippen LogP contribution in [-0.2, 0) is 27.3 Å². The van der Waals surface area contributed by atoms with Crippen molar-refractivity contribution in [2.75, 3.05) is 35.6 Å². The molecule has 2 aromatic heterocycles. The molecule has 1 aromatic carbocycles. The largest absolute Gasteiger partial charge is 0.755 e. The normalized spacial score (nSPS) is 17.3. The first-order valence-corrected chi connectivity index (χ1v) is 13.1. The molecule has 3 aromatic rings. The number of rotatable bonds is 9. The number of pyridine rings is 1. The number of alkyl halides is 3. The minimum atomic E-state index is -5.09. The summed E-state index contributed by atoms with van der Waals surface area (Å²) in [4.78, 5) is 36.2. The summed E-state index contributed by atoms with van der Waals surface area (Å²) in [7, 11) is 3.41.